The minimum Gasteiger partial charge on any atom is -0.342 e. The largest absolute Gasteiger partial charge is 0.433 e. The number of nitrogens with one attached hydrogen (secondary N) is 2. The molecule has 0 radical (unpaired) electrons. The number of halogens is 3. The highest BCUT2D eigenvalue weighted by Gasteiger charge is 2.33. The second-order valence-electron chi connectivity index (χ2n) is 6.99. The number of hydrogen-bond acceptors (Lipinski definition) is 5. The molecule has 0 atom stereocenters. The van der Waals surface area contributed by atoms with Crippen LogP contribution in [0.15, 0.2) is 53.3 Å². The molecule has 1 aliphatic rings. The smallest absolute Gasteiger partial charge is 0.342 e. The van der Waals surface area contributed by atoms with Crippen molar-refractivity contribution in [1.82, 2.24) is 15.3 Å². The van der Waals surface area contributed by atoms with Crippen molar-refractivity contribution in [3.8, 4) is 0 Å². The molecule has 0 saturated heterocycles. The fraction of sp³-hybridized carbons (Fsp3) is 0.273. The Morgan fingerprint density at radius 3 is 2.74 bits per heavy atom. The van der Waals surface area contributed by atoms with Gasteiger partial charge in [-0.2, -0.15) is 13.2 Å². The van der Waals surface area contributed by atoms with Gasteiger partial charge in [-0.15, -0.1) is 0 Å². The minimum absolute atomic E-state index is 0.0163. The third-order valence-electron chi connectivity index (χ3n) is 4.64. The molecule has 1 amide bonds. The summed E-state index contributed by atoms with van der Waals surface area (Å²) in [6.07, 6.45) is 3.91. The first-order chi connectivity index (χ1) is 14.7. The SMILES string of the molecule is C/C=C\C/C=C1\CN=C(c2cc(NC(=O)c3ccc(C(F)(F)F)nc3C)ncc2C)N1. The van der Waals surface area contributed by atoms with Crippen molar-refractivity contribution in [2.45, 2.75) is 33.4 Å². The lowest BCUT2D eigenvalue weighted by atomic mass is 10.1. The van der Waals surface area contributed by atoms with Gasteiger partial charge in [-0.3, -0.25) is 9.79 Å². The van der Waals surface area contributed by atoms with Crippen molar-refractivity contribution in [2.75, 3.05) is 11.9 Å². The van der Waals surface area contributed by atoms with Crippen LogP contribution in [0.5, 0.6) is 0 Å². The molecule has 0 bridgehead atoms. The van der Waals surface area contributed by atoms with Crippen molar-refractivity contribution in [1.29, 1.82) is 0 Å². The Labute approximate surface area is 178 Å². The maximum Gasteiger partial charge on any atom is 0.433 e. The zero-order chi connectivity index (χ0) is 22.6. The molecule has 9 heteroatoms. The van der Waals surface area contributed by atoms with E-state index >= 15 is 0 Å². The van der Waals surface area contributed by atoms with Gasteiger partial charge in [0.05, 0.1) is 17.8 Å². The monoisotopic (exact) mass is 429 g/mol. The van der Waals surface area contributed by atoms with E-state index in [0.717, 1.165) is 35.4 Å². The van der Waals surface area contributed by atoms with E-state index in [9.17, 15) is 18.0 Å². The molecular weight excluding hydrogens is 407 g/mol. The van der Waals surface area contributed by atoms with Crippen molar-refractivity contribution >= 4 is 17.6 Å². The van der Waals surface area contributed by atoms with Gasteiger partial charge in [0, 0.05) is 17.5 Å². The van der Waals surface area contributed by atoms with Crippen LogP contribution in [0.25, 0.3) is 0 Å². The number of aryl methyl sites for hydroxylation is 2. The summed E-state index contributed by atoms with van der Waals surface area (Å²) in [5.74, 6) is 0.351. The molecule has 0 fully saturated rings. The average Bonchev–Trinajstić information content (AvgIpc) is 3.17. The summed E-state index contributed by atoms with van der Waals surface area (Å²) in [5.41, 5.74) is 1.62. The van der Waals surface area contributed by atoms with Crippen LogP contribution >= 0.6 is 0 Å². The Hall–Kier alpha value is -3.49. The number of hydrogen-bond donors (Lipinski definition) is 2. The molecule has 3 rings (SSSR count). The van der Waals surface area contributed by atoms with Crippen LogP contribution in [0, 0.1) is 13.8 Å². The highest BCUT2D eigenvalue weighted by atomic mass is 19.4. The van der Waals surface area contributed by atoms with Crippen molar-refractivity contribution in [2.24, 2.45) is 4.99 Å². The lowest BCUT2D eigenvalue weighted by Gasteiger charge is -2.12. The van der Waals surface area contributed by atoms with Gasteiger partial charge < -0.3 is 10.6 Å². The quantitative estimate of drug-likeness (QED) is 0.683. The van der Waals surface area contributed by atoms with E-state index in [1.165, 1.54) is 6.92 Å². The summed E-state index contributed by atoms with van der Waals surface area (Å²) in [4.78, 5) is 24.8. The summed E-state index contributed by atoms with van der Waals surface area (Å²) in [6, 6.07) is 3.58. The topological polar surface area (TPSA) is 79.3 Å². The molecule has 3 heterocycles. The summed E-state index contributed by atoms with van der Waals surface area (Å²) >= 11 is 0. The first-order valence-corrected chi connectivity index (χ1v) is 9.64. The summed E-state index contributed by atoms with van der Waals surface area (Å²) in [5, 5.41) is 5.89. The maximum absolute atomic E-state index is 12.8. The number of allylic oxidation sites excluding steroid dienone is 3. The summed E-state index contributed by atoms with van der Waals surface area (Å²) in [7, 11) is 0. The normalized spacial score (nSPS) is 15.3. The number of rotatable bonds is 5. The molecule has 2 aromatic rings. The molecule has 2 aromatic heterocycles. The first-order valence-electron chi connectivity index (χ1n) is 9.64. The van der Waals surface area contributed by atoms with Gasteiger partial charge in [-0.25, -0.2) is 9.97 Å². The highest BCUT2D eigenvalue weighted by Crippen LogP contribution is 2.28. The number of pyridine rings is 2. The molecule has 2 N–H and O–H groups in total. The molecule has 0 saturated carbocycles. The predicted octanol–water partition coefficient (Wildman–Crippen LogP) is 4.56. The first kappa shape index (κ1) is 22.2. The number of carbonyl (C=O) groups is 1. The van der Waals surface area contributed by atoms with Crippen molar-refractivity contribution in [3.05, 3.63) is 76.4 Å². The van der Waals surface area contributed by atoms with Gasteiger partial charge in [0.2, 0.25) is 0 Å². The van der Waals surface area contributed by atoms with Crippen LogP contribution in [-0.4, -0.2) is 28.3 Å². The van der Waals surface area contributed by atoms with Crippen LogP contribution in [-0.2, 0) is 6.18 Å². The number of anilines is 1. The number of aliphatic imine (C=N–C) groups is 1. The average molecular weight is 429 g/mol. The number of alkyl halides is 3. The molecule has 0 aliphatic carbocycles. The zero-order valence-corrected chi connectivity index (χ0v) is 17.3. The van der Waals surface area contributed by atoms with Gasteiger partial charge in [0.1, 0.15) is 17.3 Å². The molecule has 0 spiro atoms. The van der Waals surface area contributed by atoms with E-state index in [4.69, 9.17) is 0 Å². The van der Waals surface area contributed by atoms with Crippen LogP contribution in [0.4, 0.5) is 19.0 Å². The van der Waals surface area contributed by atoms with Crippen LogP contribution in [0.1, 0.15) is 46.2 Å². The van der Waals surface area contributed by atoms with Crippen molar-refractivity contribution in [3.63, 3.8) is 0 Å². The van der Waals surface area contributed by atoms with Crippen LogP contribution < -0.4 is 10.6 Å². The third kappa shape index (κ3) is 5.36. The lowest BCUT2D eigenvalue weighted by Crippen LogP contribution is -2.21. The summed E-state index contributed by atoms with van der Waals surface area (Å²) < 4.78 is 38.4. The fourth-order valence-corrected chi connectivity index (χ4v) is 3.00. The molecule has 0 aromatic carbocycles. The lowest BCUT2D eigenvalue weighted by molar-refractivity contribution is -0.141. The molecular formula is C22H22F3N5O. The maximum atomic E-state index is 12.8. The fourth-order valence-electron chi connectivity index (χ4n) is 3.00. The Morgan fingerprint density at radius 1 is 1.29 bits per heavy atom. The Balaban J connectivity index is 1.77. The third-order valence-corrected chi connectivity index (χ3v) is 4.64. The van der Waals surface area contributed by atoms with E-state index in [1.54, 1.807) is 12.3 Å². The molecule has 0 unspecified atom stereocenters. The second kappa shape index (κ2) is 9.11. The number of nitrogens with zero attached hydrogens (tertiary/aromatic N) is 3. The Kier molecular flexibility index (Phi) is 6.53. The predicted molar refractivity (Wildman–Crippen MR) is 113 cm³/mol. The number of amidine groups is 1. The standard InChI is InChI=1S/C22H22F3N5O/c1-4-5-6-7-15-12-27-20(29-15)17-10-19(26-11-13(17)2)30-21(31)16-8-9-18(22(23,24)25)28-14(16)3/h4-5,7-11H,6,12H2,1-3H3,(H,27,29)(H,26,30,31)/b5-4-,15-7+. The van der Waals surface area contributed by atoms with E-state index in [-0.39, 0.29) is 17.1 Å². The Bertz CT molecular complexity index is 1090. The zero-order valence-electron chi connectivity index (χ0n) is 17.3. The summed E-state index contributed by atoms with van der Waals surface area (Å²) in [6.45, 7) is 5.73. The Morgan fingerprint density at radius 2 is 2.06 bits per heavy atom. The second-order valence-corrected chi connectivity index (χ2v) is 6.99. The van der Waals surface area contributed by atoms with E-state index in [0.29, 0.717) is 12.4 Å². The van der Waals surface area contributed by atoms with E-state index in [2.05, 4.69) is 31.7 Å². The van der Waals surface area contributed by atoms with Crippen molar-refractivity contribution < 1.29 is 18.0 Å². The number of carbonyl (C=O) groups excluding carboxylic acids is 1. The van der Waals surface area contributed by atoms with E-state index in [1.807, 2.05) is 26.0 Å². The van der Waals surface area contributed by atoms with Gasteiger partial charge in [0.25, 0.3) is 5.91 Å². The molecule has 6 nitrogen and oxygen atoms in total. The van der Waals surface area contributed by atoms with Gasteiger partial charge in [-0.05, 0) is 51.0 Å². The molecule has 31 heavy (non-hydrogen) atoms. The van der Waals surface area contributed by atoms with Gasteiger partial charge in [0.15, 0.2) is 0 Å². The van der Waals surface area contributed by atoms with Crippen LogP contribution in [0.2, 0.25) is 0 Å². The number of amides is 1. The highest BCUT2D eigenvalue weighted by molar-refractivity contribution is 6.06. The molecule has 162 valence electrons. The van der Waals surface area contributed by atoms with Gasteiger partial charge >= 0.3 is 6.18 Å². The van der Waals surface area contributed by atoms with Gasteiger partial charge in [-0.1, -0.05) is 18.2 Å². The van der Waals surface area contributed by atoms with E-state index < -0.39 is 17.8 Å². The van der Waals surface area contributed by atoms with Crippen LogP contribution in [0.3, 0.4) is 0 Å². The molecule has 1 aliphatic heterocycles. The number of aromatic nitrogens is 2. The minimum atomic E-state index is -4.57.